The molecule has 0 heterocycles. The van der Waals surface area contributed by atoms with Crippen LogP contribution in [0.15, 0.2) is 30.3 Å². The Balaban J connectivity index is 2.19. The van der Waals surface area contributed by atoms with Gasteiger partial charge in [0.15, 0.2) is 0 Å². The molecule has 0 aliphatic heterocycles. The number of nitrogens with zero attached hydrogens (tertiary/aromatic N) is 1. The van der Waals surface area contributed by atoms with Crippen LogP contribution in [0, 0.1) is 0 Å². The van der Waals surface area contributed by atoms with E-state index < -0.39 is 0 Å². The Bertz CT molecular complexity index is 406. The van der Waals surface area contributed by atoms with E-state index in [1.807, 2.05) is 42.3 Å². The molecule has 1 rings (SSSR count). The second-order valence-corrected chi connectivity index (χ2v) is 4.49. The van der Waals surface area contributed by atoms with Crippen LogP contribution < -0.4 is 10.6 Å². The van der Waals surface area contributed by atoms with Gasteiger partial charge in [-0.05, 0) is 12.6 Å². The first kappa shape index (κ1) is 15.2. The Morgan fingerprint density at radius 3 is 2.37 bits per heavy atom. The van der Waals surface area contributed by atoms with Gasteiger partial charge in [-0.1, -0.05) is 30.3 Å². The van der Waals surface area contributed by atoms with E-state index in [4.69, 9.17) is 0 Å². The molecule has 19 heavy (non-hydrogen) atoms. The molecule has 2 amide bonds. The molecule has 0 atom stereocenters. The predicted octanol–water partition coefficient (Wildman–Crippen LogP) is 0.371. The number of carbonyl (C=O) groups is 2. The third kappa shape index (κ3) is 7.21. The van der Waals surface area contributed by atoms with Crippen LogP contribution >= 0.6 is 0 Å². The number of rotatable bonds is 7. The number of amides is 2. The fourth-order valence-corrected chi connectivity index (χ4v) is 1.69. The van der Waals surface area contributed by atoms with E-state index in [0.717, 1.165) is 6.54 Å². The van der Waals surface area contributed by atoms with Crippen molar-refractivity contribution in [2.75, 3.05) is 26.7 Å². The number of hydrogen-bond donors (Lipinski definition) is 2. The SMILES string of the molecule is CC(=O)NCCNC(=O)CN(C)Cc1ccccc1. The van der Waals surface area contributed by atoms with Crippen LogP contribution in [0.1, 0.15) is 12.5 Å². The Labute approximate surface area is 114 Å². The van der Waals surface area contributed by atoms with E-state index in [1.165, 1.54) is 12.5 Å². The maximum absolute atomic E-state index is 11.6. The topological polar surface area (TPSA) is 61.4 Å². The molecule has 0 saturated carbocycles. The van der Waals surface area contributed by atoms with Crippen molar-refractivity contribution in [2.45, 2.75) is 13.5 Å². The molecule has 104 valence electrons. The van der Waals surface area contributed by atoms with Crippen molar-refractivity contribution >= 4 is 11.8 Å². The summed E-state index contributed by atoms with van der Waals surface area (Å²) >= 11 is 0. The second-order valence-electron chi connectivity index (χ2n) is 4.49. The smallest absolute Gasteiger partial charge is 0.234 e. The van der Waals surface area contributed by atoms with E-state index in [0.29, 0.717) is 19.6 Å². The van der Waals surface area contributed by atoms with Crippen LogP contribution in [0.3, 0.4) is 0 Å². The summed E-state index contributed by atoms with van der Waals surface area (Å²) in [7, 11) is 1.90. The summed E-state index contributed by atoms with van der Waals surface area (Å²) < 4.78 is 0. The average molecular weight is 263 g/mol. The summed E-state index contributed by atoms with van der Waals surface area (Å²) in [5, 5.41) is 5.39. The lowest BCUT2D eigenvalue weighted by atomic mass is 10.2. The Morgan fingerprint density at radius 2 is 1.74 bits per heavy atom. The van der Waals surface area contributed by atoms with Crippen LogP contribution in [-0.2, 0) is 16.1 Å². The third-order valence-corrected chi connectivity index (χ3v) is 2.53. The molecular weight excluding hydrogens is 242 g/mol. The number of benzene rings is 1. The van der Waals surface area contributed by atoms with Crippen LogP contribution in [-0.4, -0.2) is 43.4 Å². The van der Waals surface area contributed by atoms with Gasteiger partial charge < -0.3 is 10.6 Å². The summed E-state index contributed by atoms with van der Waals surface area (Å²) in [6, 6.07) is 10.0. The molecule has 0 radical (unpaired) electrons. The maximum atomic E-state index is 11.6. The van der Waals surface area contributed by atoms with Crippen molar-refractivity contribution in [3.63, 3.8) is 0 Å². The minimum absolute atomic E-state index is 0.0382. The zero-order valence-corrected chi connectivity index (χ0v) is 11.5. The molecule has 0 aliphatic rings. The van der Waals surface area contributed by atoms with Crippen molar-refractivity contribution in [1.82, 2.24) is 15.5 Å². The molecule has 2 N–H and O–H groups in total. The molecule has 5 nitrogen and oxygen atoms in total. The minimum Gasteiger partial charge on any atom is -0.355 e. The molecule has 0 aliphatic carbocycles. The number of nitrogens with one attached hydrogen (secondary N) is 2. The van der Waals surface area contributed by atoms with Gasteiger partial charge in [-0.2, -0.15) is 0 Å². The summed E-state index contributed by atoms with van der Waals surface area (Å²) in [6.45, 7) is 3.45. The van der Waals surface area contributed by atoms with Crippen molar-refractivity contribution in [3.05, 3.63) is 35.9 Å². The fourth-order valence-electron chi connectivity index (χ4n) is 1.69. The van der Waals surface area contributed by atoms with E-state index in [1.54, 1.807) is 0 Å². The zero-order valence-electron chi connectivity index (χ0n) is 11.5. The monoisotopic (exact) mass is 263 g/mol. The minimum atomic E-state index is -0.0876. The first-order valence-electron chi connectivity index (χ1n) is 6.31. The summed E-state index contributed by atoms with van der Waals surface area (Å²) in [4.78, 5) is 24.2. The summed E-state index contributed by atoms with van der Waals surface area (Å²) in [6.07, 6.45) is 0. The fraction of sp³-hybridized carbons (Fsp3) is 0.429. The van der Waals surface area contributed by atoms with Gasteiger partial charge in [-0.15, -0.1) is 0 Å². The van der Waals surface area contributed by atoms with Gasteiger partial charge in [0, 0.05) is 26.6 Å². The molecule has 0 saturated heterocycles. The van der Waals surface area contributed by atoms with Crippen molar-refractivity contribution in [1.29, 1.82) is 0 Å². The quantitative estimate of drug-likeness (QED) is 0.699. The van der Waals surface area contributed by atoms with Gasteiger partial charge in [-0.25, -0.2) is 0 Å². The predicted molar refractivity (Wildman–Crippen MR) is 74.5 cm³/mol. The standard InChI is InChI=1S/C14H21N3O2/c1-12(18)15-8-9-16-14(19)11-17(2)10-13-6-4-3-5-7-13/h3-7H,8-11H2,1-2H3,(H,15,18)(H,16,19). The van der Waals surface area contributed by atoms with Gasteiger partial charge in [0.1, 0.15) is 0 Å². The molecule has 5 heteroatoms. The maximum Gasteiger partial charge on any atom is 0.234 e. The molecule has 0 spiro atoms. The van der Waals surface area contributed by atoms with E-state index >= 15 is 0 Å². The van der Waals surface area contributed by atoms with E-state index in [2.05, 4.69) is 10.6 Å². The molecule has 0 bridgehead atoms. The zero-order chi connectivity index (χ0) is 14.1. The van der Waals surface area contributed by atoms with E-state index in [-0.39, 0.29) is 11.8 Å². The van der Waals surface area contributed by atoms with Gasteiger partial charge in [-0.3, -0.25) is 14.5 Å². The Kier molecular flexibility index (Phi) is 6.60. The molecule has 0 unspecified atom stereocenters. The number of carbonyl (C=O) groups excluding carboxylic acids is 2. The van der Waals surface area contributed by atoms with Crippen LogP contribution in [0.25, 0.3) is 0 Å². The average Bonchev–Trinajstić information content (AvgIpc) is 2.35. The highest BCUT2D eigenvalue weighted by Crippen LogP contribution is 2.01. The molecular formula is C14H21N3O2. The highest BCUT2D eigenvalue weighted by molar-refractivity contribution is 5.78. The Hall–Kier alpha value is -1.88. The van der Waals surface area contributed by atoms with Crippen LogP contribution in [0.2, 0.25) is 0 Å². The van der Waals surface area contributed by atoms with Crippen molar-refractivity contribution in [3.8, 4) is 0 Å². The largest absolute Gasteiger partial charge is 0.355 e. The molecule has 0 aromatic heterocycles. The summed E-state index contributed by atoms with van der Waals surface area (Å²) in [5.74, 6) is -0.126. The van der Waals surface area contributed by atoms with Gasteiger partial charge in [0.2, 0.25) is 11.8 Å². The van der Waals surface area contributed by atoms with Gasteiger partial charge in [0.05, 0.1) is 6.54 Å². The second kappa shape index (κ2) is 8.26. The van der Waals surface area contributed by atoms with Crippen LogP contribution in [0.4, 0.5) is 0 Å². The number of likely N-dealkylation sites (N-methyl/N-ethyl adjacent to an activating group) is 1. The molecule has 0 fully saturated rings. The molecule has 1 aromatic carbocycles. The lowest BCUT2D eigenvalue weighted by molar-refractivity contribution is -0.122. The highest BCUT2D eigenvalue weighted by atomic mass is 16.2. The van der Waals surface area contributed by atoms with Crippen molar-refractivity contribution < 1.29 is 9.59 Å². The van der Waals surface area contributed by atoms with E-state index in [9.17, 15) is 9.59 Å². The molecule has 1 aromatic rings. The summed E-state index contributed by atoms with van der Waals surface area (Å²) in [5.41, 5.74) is 1.18. The lowest BCUT2D eigenvalue weighted by Crippen LogP contribution is -2.38. The van der Waals surface area contributed by atoms with Crippen molar-refractivity contribution in [2.24, 2.45) is 0 Å². The van der Waals surface area contributed by atoms with Gasteiger partial charge >= 0.3 is 0 Å². The highest BCUT2D eigenvalue weighted by Gasteiger charge is 2.06. The lowest BCUT2D eigenvalue weighted by Gasteiger charge is -2.16. The first-order valence-corrected chi connectivity index (χ1v) is 6.31. The normalized spacial score (nSPS) is 10.3. The number of hydrogen-bond acceptors (Lipinski definition) is 3. The third-order valence-electron chi connectivity index (χ3n) is 2.53. The first-order chi connectivity index (χ1) is 9.08. The van der Waals surface area contributed by atoms with Crippen LogP contribution in [0.5, 0.6) is 0 Å². The van der Waals surface area contributed by atoms with Gasteiger partial charge in [0.25, 0.3) is 0 Å². The Morgan fingerprint density at radius 1 is 1.11 bits per heavy atom.